The van der Waals surface area contributed by atoms with E-state index in [9.17, 15) is 5.11 Å². The van der Waals surface area contributed by atoms with E-state index in [1.54, 1.807) is 6.20 Å². The Morgan fingerprint density at radius 1 is 1.60 bits per heavy atom. The van der Waals surface area contributed by atoms with Crippen molar-refractivity contribution < 1.29 is 5.11 Å². The molecule has 0 saturated carbocycles. The molecule has 0 aromatic carbocycles. The van der Waals surface area contributed by atoms with Gasteiger partial charge in [0.2, 0.25) is 0 Å². The molecule has 2 unspecified atom stereocenters. The second kappa shape index (κ2) is 4.45. The molecule has 15 heavy (non-hydrogen) atoms. The Kier molecular flexibility index (Phi) is 3.21. The molecule has 2 atom stereocenters. The molecular formula is C10H14BrN3O. The molecule has 0 radical (unpaired) electrons. The van der Waals surface area contributed by atoms with Crippen LogP contribution in [-0.2, 0) is 0 Å². The second-order valence-corrected chi connectivity index (χ2v) is 4.83. The van der Waals surface area contributed by atoms with Gasteiger partial charge in [-0.15, -0.1) is 0 Å². The average Bonchev–Trinajstić information content (AvgIpc) is 2.23. The van der Waals surface area contributed by atoms with Gasteiger partial charge in [-0.1, -0.05) is 6.92 Å². The van der Waals surface area contributed by atoms with Crippen LogP contribution in [0.5, 0.6) is 0 Å². The van der Waals surface area contributed by atoms with E-state index < -0.39 is 0 Å². The third-order valence-electron chi connectivity index (χ3n) is 2.87. The van der Waals surface area contributed by atoms with E-state index in [0.29, 0.717) is 12.5 Å². The summed E-state index contributed by atoms with van der Waals surface area (Å²) in [6.07, 6.45) is 4.00. The van der Waals surface area contributed by atoms with Crippen molar-refractivity contribution in [3.63, 3.8) is 0 Å². The lowest BCUT2D eigenvalue weighted by atomic mass is 9.96. The molecule has 2 heterocycles. The number of hydrogen-bond donors (Lipinski definition) is 1. The summed E-state index contributed by atoms with van der Waals surface area (Å²) >= 11 is 3.42. The molecule has 1 aromatic heterocycles. The largest absolute Gasteiger partial charge is 0.391 e. The smallest absolute Gasteiger partial charge is 0.146 e. The van der Waals surface area contributed by atoms with Gasteiger partial charge in [0.25, 0.3) is 0 Å². The summed E-state index contributed by atoms with van der Waals surface area (Å²) in [5.74, 6) is 1.25. The zero-order valence-corrected chi connectivity index (χ0v) is 10.2. The van der Waals surface area contributed by atoms with Crippen LogP contribution in [0.25, 0.3) is 0 Å². The predicted octanol–water partition coefficient (Wildman–Crippen LogP) is 1.45. The van der Waals surface area contributed by atoms with Crippen molar-refractivity contribution in [3.8, 4) is 0 Å². The van der Waals surface area contributed by atoms with Gasteiger partial charge in [0.15, 0.2) is 0 Å². The van der Waals surface area contributed by atoms with Crippen molar-refractivity contribution in [1.29, 1.82) is 0 Å². The Bertz CT molecular complexity index is 347. The minimum absolute atomic E-state index is 0.263. The summed E-state index contributed by atoms with van der Waals surface area (Å²) in [6.45, 7) is 3.67. The molecule has 1 aliphatic heterocycles. The van der Waals surface area contributed by atoms with Gasteiger partial charge in [-0.05, 0) is 28.3 Å². The number of nitrogens with zero attached hydrogens (tertiary/aromatic N) is 3. The number of β-amino-alcohol motifs (C(OH)–C–C–N with tert-alkyl or cyclic N) is 1. The summed E-state index contributed by atoms with van der Waals surface area (Å²) in [6, 6.07) is 0. The number of rotatable bonds is 1. The minimum atomic E-state index is -0.263. The Labute approximate surface area is 97.5 Å². The molecule has 1 saturated heterocycles. The molecule has 0 aliphatic carbocycles. The molecule has 0 amide bonds. The lowest BCUT2D eigenvalue weighted by molar-refractivity contribution is 0.102. The van der Waals surface area contributed by atoms with Gasteiger partial charge in [-0.25, -0.2) is 9.97 Å². The first-order valence-electron chi connectivity index (χ1n) is 5.07. The first-order valence-corrected chi connectivity index (χ1v) is 5.86. The monoisotopic (exact) mass is 271 g/mol. The van der Waals surface area contributed by atoms with Crippen LogP contribution in [0.4, 0.5) is 5.82 Å². The molecule has 2 rings (SSSR count). The number of aliphatic hydroxyl groups is 1. The quantitative estimate of drug-likeness (QED) is 0.840. The first kappa shape index (κ1) is 10.8. The molecule has 0 spiro atoms. The molecule has 1 aliphatic rings. The Morgan fingerprint density at radius 3 is 3.07 bits per heavy atom. The zero-order valence-electron chi connectivity index (χ0n) is 8.60. The second-order valence-electron chi connectivity index (χ2n) is 3.97. The fraction of sp³-hybridized carbons (Fsp3) is 0.600. The zero-order chi connectivity index (χ0) is 10.8. The van der Waals surface area contributed by atoms with Gasteiger partial charge in [-0.2, -0.15) is 0 Å². The fourth-order valence-corrected chi connectivity index (χ4v) is 2.25. The highest BCUT2D eigenvalue weighted by atomic mass is 79.9. The van der Waals surface area contributed by atoms with Crippen LogP contribution in [0.15, 0.2) is 17.0 Å². The summed E-state index contributed by atoms with van der Waals surface area (Å²) in [7, 11) is 0. The lowest BCUT2D eigenvalue weighted by Crippen LogP contribution is -2.43. The number of aromatic nitrogens is 2. The van der Waals surface area contributed by atoms with Crippen LogP contribution in [0, 0.1) is 5.92 Å². The van der Waals surface area contributed by atoms with Crippen LogP contribution in [0.1, 0.15) is 13.3 Å². The van der Waals surface area contributed by atoms with Crippen LogP contribution in [-0.4, -0.2) is 34.3 Å². The molecule has 1 N–H and O–H groups in total. The van der Waals surface area contributed by atoms with Crippen molar-refractivity contribution in [2.45, 2.75) is 19.4 Å². The summed E-state index contributed by atoms with van der Waals surface area (Å²) < 4.78 is 0.881. The van der Waals surface area contributed by atoms with Crippen molar-refractivity contribution in [1.82, 2.24) is 9.97 Å². The number of anilines is 1. The Hall–Kier alpha value is -0.680. The number of aliphatic hydroxyl groups excluding tert-OH is 1. The van der Waals surface area contributed by atoms with Gasteiger partial charge in [-0.3, -0.25) is 0 Å². The van der Waals surface area contributed by atoms with Crippen molar-refractivity contribution in [2.24, 2.45) is 5.92 Å². The lowest BCUT2D eigenvalue weighted by Gasteiger charge is -2.35. The van der Waals surface area contributed by atoms with Gasteiger partial charge in [0, 0.05) is 19.3 Å². The summed E-state index contributed by atoms with van der Waals surface area (Å²) in [5, 5.41) is 9.80. The van der Waals surface area contributed by atoms with Gasteiger partial charge < -0.3 is 10.0 Å². The highest BCUT2D eigenvalue weighted by Crippen LogP contribution is 2.26. The molecule has 0 bridgehead atoms. The van der Waals surface area contributed by atoms with E-state index in [2.05, 4.69) is 37.7 Å². The van der Waals surface area contributed by atoms with E-state index >= 15 is 0 Å². The Morgan fingerprint density at radius 2 is 2.40 bits per heavy atom. The topological polar surface area (TPSA) is 49.2 Å². The average molecular weight is 272 g/mol. The van der Waals surface area contributed by atoms with E-state index in [-0.39, 0.29) is 6.10 Å². The number of piperidine rings is 1. The van der Waals surface area contributed by atoms with Crippen molar-refractivity contribution in [3.05, 3.63) is 17.0 Å². The highest BCUT2D eigenvalue weighted by molar-refractivity contribution is 9.10. The van der Waals surface area contributed by atoms with E-state index in [0.717, 1.165) is 23.3 Å². The maximum Gasteiger partial charge on any atom is 0.146 e. The van der Waals surface area contributed by atoms with E-state index in [4.69, 9.17) is 0 Å². The van der Waals surface area contributed by atoms with Crippen molar-refractivity contribution in [2.75, 3.05) is 18.0 Å². The van der Waals surface area contributed by atoms with Crippen LogP contribution in [0.2, 0.25) is 0 Å². The molecule has 5 heteroatoms. The van der Waals surface area contributed by atoms with Gasteiger partial charge >= 0.3 is 0 Å². The summed E-state index contributed by atoms with van der Waals surface area (Å²) in [4.78, 5) is 10.2. The normalized spacial score (nSPS) is 26.7. The fourth-order valence-electron chi connectivity index (χ4n) is 1.78. The van der Waals surface area contributed by atoms with Crippen LogP contribution < -0.4 is 4.90 Å². The number of hydrogen-bond acceptors (Lipinski definition) is 4. The SMILES string of the molecule is CC1CCN(c2ncncc2Br)CC1O. The van der Waals surface area contributed by atoms with Crippen molar-refractivity contribution >= 4 is 21.7 Å². The van der Waals surface area contributed by atoms with Crippen LogP contribution in [0.3, 0.4) is 0 Å². The maximum absolute atomic E-state index is 9.80. The molecule has 4 nitrogen and oxygen atoms in total. The third kappa shape index (κ3) is 2.29. The molecule has 82 valence electrons. The van der Waals surface area contributed by atoms with E-state index in [1.807, 2.05) is 0 Å². The third-order valence-corrected chi connectivity index (χ3v) is 3.43. The first-order chi connectivity index (χ1) is 7.18. The van der Waals surface area contributed by atoms with Gasteiger partial charge in [0.05, 0.1) is 10.6 Å². The van der Waals surface area contributed by atoms with Crippen LogP contribution >= 0.6 is 15.9 Å². The molecular weight excluding hydrogens is 258 g/mol. The standard InChI is InChI=1S/C10H14BrN3O/c1-7-2-3-14(5-9(7)15)10-8(11)4-12-6-13-10/h4,6-7,9,15H,2-3,5H2,1H3. The van der Waals surface area contributed by atoms with E-state index in [1.165, 1.54) is 6.33 Å². The minimum Gasteiger partial charge on any atom is -0.391 e. The molecule has 1 fully saturated rings. The van der Waals surface area contributed by atoms with Gasteiger partial charge in [0.1, 0.15) is 12.1 Å². The maximum atomic E-state index is 9.80. The number of halogens is 1. The Balaban J connectivity index is 2.15. The predicted molar refractivity (Wildman–Crippen MR) is 61.7 cm³/mol. The summed E-state index contributed by atoms with van der Waals surface area (Å²) in [5.41, 5.74) is 0. The highest BCUT2D eigenvalue weighted by Gasteiger charge is 2.25. The molecule has 1 aromatic rings.